The summed E-state index contributed by atoms with van der Waals surface area (Å²) in [6.07, 6.45) is 9.26. The Bertz CT molecular complexity index is 505. The zero-order valence-corrected chi connectivity index (χ0v) is 17.9. The molecule has 0 aliphatic rings. The van der Waals surface area contributed by atoms with Gasteiger partial charge in [0.2, 0.25) is 0 Å². The minimum absolute atomic E-state index is 0. The first-order valence-electron chi connectivity index (χ1n) is 8.66. The fourth-order valence-electron chi connectivity index (χ4n) is 2.56. The summed E-state index contributed by atoms with van der Waals surface area (Å²) < 4.78 is 38.4. The minimum Gasteiger partial charge on any atom is -0.748 e. The average Bonchev–Trinajstić information content (AvgIpc) is 2.51. The fraction of sp³-hybridized carbons (Fsp3) is 0.667. The van der Waals surface area contributed by atoms with E-state index in [0.717, 1.165) is 25.0 Å². The summed E-state index contributed by atoms with van der Waals surface area (Å²) in [5.41, 5.74) is 0. The van der Waals surface area contributed by atoms with Gasteiger partial charge in [-0.25, -0.2) is 8.42 Å². The van der Waals surface area contributed by atoms with Crippen molar-refractivity contribution in [2.45, 2.75) is 70.8 Å². The van der Waals surface area contributed by atoms with Crippen molar-refractivity contribution < 1.29 is 47.3 Å². The summed E-state index contributed by atoms with van der Waals surface area (Å²) in [5.74, 6) is 0.366. The van der Waals surface area contributed by atoms with Crippen molar-refractivity contribution in [3.05, 3.63) is 30.3 Å². The van der Waals surface area contributed by atoms with Gasteiger partial charge in [-0.15, -0.1) is 0 Å². The molecule has 0 amide bonds. The summed E-state index contributed by atoms with van der Waals surface area (Å²) in [4.78, 5) is 0. The van der Waals surface area contributed by atoms with Gasteiger partial charge in [-0.05, 0) is 31.4 Å². The third-order valence-electron chi connectivity index (χ3n) is 3.87. The average molecular weight is 364 g/mol. The van der Waals surface area contributed by atoms with E-state index in [2.05, 4.69) is 6.92 Å². The Labute approximate surface area is 169 Å². The third-order valence-corrected chi connectivity index (χ3v) is 4.60. The number of ether oxygens (including phenoxy) is 1. The molecule has 0 saturated carbocycles. The molecule has 0 heterocycles. The summed E-state index contributed by atoms with van der Waals surface area (Å²) in [7, 11) is -4.19. The van der Waals surface area contributed by atoms with Crippen LogP contribution in [-0.2, 0) is 10.1 Å². The molecule has 24 heavy (non-hydrogen) atoms. The second-order valence-electron chi connectivity index (χ2n) is 6.01. The normalized spacial score (nSPS) is 12.4. The maximum Gasteiger partial charge on any atom is 1.00 e. The summed E-state index contributed by atoms with van der Waals surface area (Å²) in [6, 6.07) is 9.36. The Balaban J connectivity index is 0.00000529. The maximum atomic E-state index is 10.9. The Morgan fingerprint density at radius 2 is 1.54 bits per heavy atom. The number of hydrogen-bond donors (Lipinski definition) is 0. The molecule has 4 nitrogen and oxygen atoms in total. The Morgan fingerprint density at radius 1 is 0.958 bits per heavy atom. The first-order chi connectivity index (χ1) is 11.0. The molecule has 0 radical (unpaired) electrons. The molecule has 0 saturated heterocycles. The SMILES string of the molecule is CCCCCCCCCC(CCS(=O)(=O)[O-])Oc1ccccc1.[Na+]. The van der Waals surface area contributed by atoms with Crippen LogP contribution in [-0.4, -0.2) is 24.8 Å². The van der Waals surface area contributed by atoms with Crippen LogP contribution < -0.4 is 34.3 Å². The number of unbranched alkanes of at least 4 members (excludes halogenated alkanes) is 6. The number of benzene rings is 1. The molecule has 0 fully saturated rings. The van der Waals surface area contributed by atoms with Gasteiger partial charge in [-0.2, -0.15) is 0 Å². The predicted molar refractivity (Wildman–Crippen MR) is 92.6 cm³/mol. The number of hydrogen-bond acceptors (Lipinski definition) is 4. The molecule has 0 bridgehead atoms. The van der Waals surface area contributed by atoms with Crippen LogP contribution in [0.2, 0.25) is 0 Å². The molecule has 0 N–H and O–H groups in total. The predicted octanol–water partition coefficient (Wildman–Crippen LogP) is 1.51. The van der Waals surface area contributed by atoms with E-state index in [-0.39, 0.29) is 47.8 Å². The van der Waals surface area contributed by atoms with Crippen LogP contribution in [0.4, 0.5) is 0 Å². The Kier molecular flexibility index (Phi) is 14.1. The van der Waals surface area contributed by atoms with E-state index in [9.17, 15) is 13.0 Å². The second kappa shape index (κ2) is 14.1. The zero-order valence-electron chi connectivity index (χ0n) is 15.1. The molecule has 1 atom stereocenters. The number of para-hydroxylation sites is 1. The van der Waals surface area contributed by atoms with Gasteiger partial charge in [-0.1, -0.05) is 63.6 Å². The topological polar surface area (TPSA) is 66.4 Å². The Hall–Kier alpha value is -0.0700. The summed E-state index contributed by atoms with van der Waals surface area (Å²) >= 11 is 0. The van der Waals surface area contributed by atoms with Crippen LogP contribution in [0.3, 0.4) is 0 Å². The summed E-state index contributed by atoms with van der Waals surface area (Å²) in [5, 5.41) is 0. The van der Waals surface area contributed by atoms with E-state index in [1.807, 2.05) is 30.3 Å². The summed E-state index contributed by atoms with van der Waals surface area (Å²) in [6.45, 7) is 2.20. The van der Waals surface area contributed by atoms with E-state index in [4.69, 9.17) is 4.74 Å². The van der Waals surface area contributed by atoms with E-state index < -0.39 is 10.1 Å². The monoisotopic (exact) mass is 364 g/mol. The largest absolute Gasteiger partial charge is 1.00 e. The molecular weight excluding hydrogens is 335 g/mol. The fourth-order valence-corrected chi connectivity index (χ4v) is 3.11. The van der Waals surface area contributed by atoms with Crippen molar-refractivity contribution in [2.24, 2.45) is 0 Å². The molecule has 0 spiro atoms. The van der Waals surface area contributed by atoms with E-state index in [1.54, 1.807) is 0 Å². The van der Waals surface area contributed by atoms with E-state index in [1.165, 1.54) is 32.1 Å². The van der Waals surface area contributed by atoms with Crippen molar-refractivity contribution in [2.75, 3.05) is 5.75 Å². The van der Waals surface area contributed by atoms with Crippen LogP contribution in [0.15, 0.2) is 30.3 Å². The molecule has 1 rings (SSSR count). The van der Waals surface area contributed by atoms with Gasteiger partial charge in [0, 0.05) is 5.75 Å². The van der Waals surface area contributed by atoms with Crippen molar-refractivity contribution in [1.82, 2.24) is 0 Å². The van der Waals surface area contributed by atoms with Gasteiger partial charge in [0.25, 0.3) is 0 Å². The van der Waals surface area contributed by atoms with E-state index >= 15 is 0 Å². The van der Waals surface area contributed by atoms with Crippen LogP contribution >= 0.6 is 0 Å². The van der Waals surface area contributed by atoms with Crippen molar-refractivity contribution in [3.8, 4) is 5.75 Å². The second-order valence-corrected chi connectivity index (χ2v) is 7.54. The van der Waals surface area contributed by atoms with Gasteiger partial charge in [0.15, 0.2) is 0 Å². The van der Waals surface area contributed by atoms with Gasteiger partial charge in [-0.3, -0.25) is 0 Å². The van der Waals surface area contributed by atoms with Crippen molar-refractivity contribution in [3.63, 3.8) is 0 Å². The van der Waals surface area contributed by atoms with Crippen molar-refractivity contribution >= 4 is 10.1 Å². The van der Waals surface area contributed by atoms with Crippen molar-refractivity contribution in [1.29, 1.82) is 0 Å². The molecular formula is C18H29NaO4S. The molecule has 1 aromatic rings. The van der Waals surface area contributed by atoms with Gasteiger partial charge in [0.05, 0.1) is 16.2 Å². The first kappa shape index (κ1) is 23.9. The van der Waals surface area contributed by atoms with Crippen LogP contribution in [0.25, 0.3) is 0 Å². The quantitative estimate of drug-likeness (QED) is 0.302. The third kappa shape index (κ3) is 13.2. The number of rotatable bonds is 13. The van der Waals surface area contributed by atoms with Gasteiger partial charge in [0.1, 0.15) is 5.75 Å². The molecule has 6 heteroatoms. The molecule has 1 unspecified atom stereocenters. The minimum atomic E-state index is -4.19. The van der Waals surface area contributed by atoms with Crippen LogP contribution in [0.1, 0.15) is 64.7 Å². The molecule has 0 aliphatic heterocycles. The smallest absolute Gasteiger partial charge is 0.748 e. The zero-order chi connectivity index (χ0) is 17.0. The standard InChI is InChI=1S/C18H30O4S.Na/c1-2-3-4-5-6-7-9-14-18(15-16-23(19,20)21)22-17-12-10-8-11-13-17;/h8,10-13,18H,2-7,9,14-16H2,1H3,(H,19,20,21);/q;+1/p-1. The molecule has 1 aromatic carbocycles. The molecule has 132 valence electrons. The first-order valence-corrected chi connectivity index (χ1v) is 10.2. The van der Waals surface area contributed by atoms with Gasteiger partial charge < -0.3 is 9.29 Å². The van der Waals surface area contributed by atoms with E-state index in [0.29, 0.717) is 0 Å². The maximum absolute atomic E-state index is 10.9. The molecule has 0 aliphatic carbocycles. The molecule has 0 aromatic heterocycles. The van der Waals surface area contributed by atoms with Gasteiger partial charge >= 0.3 is 29.6 Å². The van der Waals surface area contributed by atoms with Crippen LogP contribution in [0.5, 0.6) is 5.75 Å². The Morgan fingerprint density at radius 3 is 2.12 bits per heavy atom. The van der Waals surface area contributed by atoms with Crippen LogP contribution in [0, 0.1) is 0 Å².